The van der Waals surface area contributed by atoms with Gasteiger partial charge in [0.2, 0.25) is 5.91 Å². The second-order valence-corrected chi connectivity index (χ2v) is 7.99. The van der Waals surface area contributed by atoms with E-state index in [0.717, 1.165) is 36.8 Å². The molecular formula is C21H23N5O2. The average molecular weight is 377 g/mol. The Labute approximate surface area is 163 Å². The fourth-order valence-corrected chi connectivity index (χ4v) is 3.97. The number of fused-ring (bicyclic) bond motifs is 1. The fourth-order valence-electron chi connectivity index (χ4n) is 3.97. The number of rotatable bonds is 4. The summed E-state index contributed by atoms with van der Waals surface area (Å²) in [5.41, 5.74) is 2.04. The van der Waals surface area contributed by atoms with Crippen LogP contribution in [-0.2, 0) is 4.79 Å². The zero-order valence-corrected chi connectivity index (χ0v) is 15.9. The van der Waals surface area contributed by atoms with Gasteiger partial charge in [0, 0.05) is 18.5 Å². The van der Waals surface area contributed by atoms with E-state index in [-0.39, 0.29) is 11.9 Å². The predicted molar refractivity (Wildman–Crippen MR) is 106 cm³/mol. The van der Waals surface area contributed by atoms with Crippen molar-refractivity contribution in [3.8, 4) is 11.6 Å². The molecule has 2 fully saturated rings. The van der Waals surface area contributed by atoms with Gasteiger partial charge in [-0.05, 0) is 50.2 Å². The van der Waals surface area contributed by atoms with Gasteiger partial charge in [0.05, 0.1) is 5.52 Å². The summed E-state index contributed by atoms with van der Waals surface area (Å²) in [6.45, 7) is 3.53. The first-order chi connectivity index (χ1) is 13.6. The van der Waals surface area contributed by atoms with Crippen molar-refractivity contribution in [1.82, 2.24) is 20.1 Å². The van der Waals surface area contributed by atoms with Crippen molar-refractivity contribution in [1.29, 1.82) is 0 Å². The number of carbonyl (C=O) groups excluding carboxylic acids is 1. The van der Waals surface area contributed by atoms with Crippen LogP contribution in [0.4, 0.5) is 6.01 Å². The monoisotopic (exact) mass is 377 g/mol. The van der Waals surface area contributed by atoms with Crippen LogP contribution in [0.2, 0.25) is 0 Å². The van der Waals surface area contributed by atoms with E-state index in [1.54, 1.807) is 0 Å². The molecule has 1 spiro atoms. The van der Waals surface area contributed by atoms with Crippen molar-refractivity contribution >= 4 is 22.8 Å². The van der Waals surface area contributed by atoms with Crippen LogP contribution in [0.1, 0.15) is 32.6 Å². The summed E-state index contributed by atoms with van der Waals surface area (Å²) in [6.07, 6.45) is 4.92. The Kier molecular flexibility index (Phi) is 4.03. The number of pyridine rings is 1. The highest BCUT2D eigenvalue weighted by molar-refractivity contribution is 5.84. The highest BCUT2D eigenvalue weighted by Crippen LogP contribution is 2.53. The molecule has 5 rings (SSSR count). The van der Waals surface area contributed by atoms with Gasteiger partial charge < -0.3 is 14.6 Å². The minimum absolute atomic E-state index is 0.0825. The highest BCUT2D eigenvalue weighted by atomic mass is 16.4. The highest BCUT2D eigenvalue weighted by Gasteiger charge is 2.45. The maximum Gasteiger partial charge on any atom is 0.316 e. The maximum atomic E-state index is 12.7. The largest absolute Gasteiger partial charge is 0.402 e. The van der Waals surface area contributed by atoms with Crippen LogP contribution in [0.15, 0.2) is 40.8 Å². The van der Waals surface area contributed by atoms with E-state index in [1.807, 2.05) is 48.2 Å². The normalized spacial score (nSPS) is 19.0. The Balaban J connectivity index is 1.25. The van der Waals surface area contributed by atoms with Gasteiger partial charge in [0.15, 0.2) is 0 Å². The Morgan fingerprint density at radius 2 is 1.89 bits per heavy atom. The number of nitrogens with one attached hydrogen (secondary N) is 1. The number of piperidine rings is 1. The van der Waals surface area contributed by atoms with E-state index in [4.69, 9.17) is 4.42 Å². The molecule has 1 atom stereocenters. The number of para-hydroxylation sites is 1. The molecule has 1 saturated heterocycles. The number of anilines is 1. The van der Waals surface area contributed by atoms with E-state index in [2.05, 4.69) is 20.5 Å². The van der Waals surface area contributed by atoms with Crippen LogP contribution < -0.4 is 5.32 Å². The molecule has 0 bridgehead atoms. The van der Waals surface area contributed by atoms with Crippen molar-refractivity contribution in [2.75, 3.05) is 18.4 Å². The van der Waals surface area contributed by atoms with Crippen molar-refractivity contribution in [3.05, 3.63) is 36.4 Å². The summed E-state index contributed by atoms with van der Waals surface area (Å²) in [5.74, 6) is 0.417. The first-order valence-corrected chi connectivity index (χ1v) is 9.87. The Bertz CT molecular complexity index is 1020. The molecule has 1 N–H and O–H groups in total. The van der Waals surface area contributed by atoms with Crippen LogP contribution in [-0.4, -0.2) is 45.1 Å². The van der Waals surface area contributed by atoms with Gasteiger partial charge in [-0.2, -0.15) is 0 Å². The molecule has 1 aliphatic carbocycles. The van der Waals surface area contributed by atoms with Gasteiger partial charge >= 0.3 is 6.01 Å². The third-order valence-electron chi connectivity index (χ3n) is 6.05. The van der Waals surface area contributed by atoms with Gasteiger partial charge in [0.1, 0.15) is 11.7 Å². The smallest absolute Gasteiger partial charge is 0.316 e. The molecule has 0 unspecified atom stereocenters. The molecule has 2 aromatic heterocycles. The van der Waals surface area contributed by atoms with Gasteiger partial charge in [-0.25, -0.2) is 4.98 Å². The van der Waals surface area contributed by atoms with Crippen LogP contribution in [0.25, 0.3) is 22.5 Å². The Hall–Kier alpha value is -2.96. The van der Waals surface area contributed by atoms with E-state index in [1.165, 1.54) is 12.8 Å². The van der Waals surface area contributed by atoms with Crippen LogP contribution in [0, 0.1) is 5.41 Å². The van der Waals surface area contributed by atoms with E-state index < -0.39 is 6.04 Å². The molecule has 28 heavy (non-hydrogen) atoms. The predicted octanol–water partition coefficient (Wildman–Crippen LogP) is 3.49. The number of benzene rings is 1. The number of likely N-dealkylation sites (tertiary alicyclic amines) is 1. The standard InChI is InChI=1S/C21H23N5O2/c1-14(19(27)26-12-10-21(8-9-21)11-13-26)22-20-25-24-18(28-20)17-7-6-15-4-2-3-5-16(15)23-17/h2-7,14H,8-13H2,1H3,(H,22,25)/t14-/m0/s1. The second kappa shape index (κ2) is 6.58. The molecule has 1 saturated carbocycles. The number of amides is 1. The lowest BCUT2D eigenvalue weighted by atomic mass is 9.93. The van der Waals surface area contributed by atoms with E-state index in [0.29, 0.717) is 17.0 Å². The molecule has 7 heteroatoms. The van der Waals surface area contributed by atoms with Gasteiger partial charge in [-0.1, -0.05) is 29.4 Å². The first kappa shape index (κ1) is 17.2. The molecule has 0 radical (unpaired) electrons. The SMILES string of the molecule is C[C@H](Nc1nnc(-c2ccc3ccccc3n2)o1)C(=O)N1CCC2(CC1)CC2. The summed E-state index contributed by atoms with van der Waals surface area (Å²) < 4.78 is 5.70. The molecule has 144 valence electrons. The lowest BCUT2D eigenvalue weighted by Gasteiger charge is -2.33. The zero-order valence-electron chi connectivity index (χ0n) is 15.9. The molecule has 7 nitrogen and oxygen atoms in total. The zero-order chi connectivity index (χ0) is 19.1. The lowest BCUT2D eigenvalue weighted by Crippen LogP contribution is -2.45. The van der Waals surface area contributed by atoms with Crippen molar-refractivity contribution in [2.45, 2.75) is 38.6 Å². The second-order valence-electron chi connectivity index (χ2n) is 7.99. The minimum Gasteiger partial charge on any atom is -0.402 e. The number of hydrogen-bond donors (Lipinski definition) is 1. The Morgan fingerprint density at radius 3 is 2.68 bits per heavy atom. The maximum absolute atomic E-state index is 12.7. The van der Waals surface area contributed by atoms with Gasteiger partial charge in [-0.15, -0.1) is 5.10 Å². The number of hydrogen-bond acceptors (Lipinski definition) is 6. The topological polar surface area (TPSA) is 84.1 Å². The summed E-state index contributed by atoms with van der Waals surface area (Å²) in [6, 6.07) is 11.5. The average Bonchev–Trinajstić information content (AvgIpc) is 3.31. The number of carbonyl (C=O) groups is 1. The summed E-state index contributed by atoms with van der Waals surface area (Å²) in [7, 11) is 0. The molecule has 1 aliphatic heterocycles. The number of nitrogens with zero attached hydrogens (tertiary/aromatic N) is 4. The van der Waals surface area contributed by atoms with Gasteiger partial charge in [0.25, 0.3) is 5.89 Å². The van der Waals surface area contributed by atoms with Crippen molar-refractivity contribution in [2.24, 2.45) is 5.41 Å². The number of aromatic nitrogens is 3. The molecular weight excluding hydrogens is 354 g/mol. The fraction of sp³-hybridized carbons (Fsp3) is 0.429. The van der Waals surface area contributed by atoms with Gasteiger partial charge in [-0.3, -0.25) is 4.79 Å². The van der Waals surface area contributed by atoms with Crippen LogP contribution in [0.3, 0.4) is 0 Å². The molecule has 3 heterocycles. The van der Waals surface area contributed by atoms with Crippen LogP contribution in [0.5, 0.6) is 0 Å². The summed E-state index contributed by atoms with van der Waals surface area (Å²) in [5, 5.41) is 12.2. The van der Waals surface area contributed by atoms with E-state index >= 15 is 0 Å². The minimum atomic E-state index is -0.411. The molecule has 1 amide bonds. The van der Waals surface area contributed by atoms with Crippen molar-refractivity contribution in [3.63, 3.8) is 0 Å². The van der Waals surface area contributed by atoms with Crippen LogP contribution >= 0.6 is 0 Å². The molecule has 2 aliphatic rings. The first-order valence-electron chi connectivity index (χ1n) is 9.87. The lowest BCUT2D eigenvalue weighted by molar-refractivity contribution is -0.133. The van der Waals surface area contributed by atoms with Crippen molar-refractivity contribution < 1.29 is 9.21 Å². The Morgan fingerprint density at radius 1 is 1.11 bits per heavy atom. The molecule has 1 aromatic carbocycles. The van der Waals surface area contributed by atoms with E-state index in [9.17, 15) is 4.79 Å². The third kappa shape index (κ3) is 3.21. The summed E-state index contributed by atoms with van der Waals surface area (Å²) in [4.78, 5) is 19.2. The quantitative estimate of drug-likeness (QED) is 0.749. The molecule has 3 aromatic rings. The third-order valence-corrected chi connectivity index (χ3v) is 6.05. The summed E-state index contributed by atoms with van der Waals surface area (Å²) >= 11 is 0.